The van der Waals surface area contributed by atoms with E-state index in [9.17, 15) is 4.39 Å². The molecular weight excluding hydrogens is 300 g/mol. The molecule has 20 heavy (non-hydrogen) atoms. The molecule has 6 heteroatoms. The lowest BCUT2D eigenvalue weighted by molar-refractivity contribution is 0.423. The topological polar surface area (TPSA) is 54.7 Å². The van der Waals surface area contributed by atoms with Crippen LogP contribution in [0.3, 0.4) is 0 Å². The van der Waals surface area contributed by atoms with E-state index in [4.69, 9.17) is 28.9 Å². The number of aromatic amines is 1. The van der Waals surface area contributed by atoms with Gasteiger partial charge in [-0.2, -0.15) is 0 Å². The zero-order valence-corrected chi connectivity index (χ0v) is 12.8. The minimum Gasteiger partial charge on any atom is -0.340 e. The van der Waals surface area contributed by atoms with Crippen molar-refractivity contribution >= 4 is 23.2 Å². The molecule has 3 nitrogen and oxygen atoms in total. The molecule has 2 aromatic rings. The lowest BCUT2D eigenvalue weighted by atomic mass is 9.97. The van der Waals surface area contributed by atoms with Gasteiger partial charge in [-0.3, -0.25) is 0 Å². The highest BCUT2D eigenvalue weighted by Crippen LogP contribution is 2.32. The van der Waals surface area contributed by atoms with Gasteiger partial charge in [-0.15, -0.1) is 0 Å². The van der Waals surface area contributed by atoms with Crippen LogP contribution in [0.2, 0.25) is 10.0 Å². The third-order valence-electron chi connectivity index (χ3n) is 3.19. The lowest BCUT2D eigenvalue weighted by Gasteiger charge is -2.21. The predicted octanol–water partition coefficient (Wildman–Crippen LogP) is 4.50. The van der Waals surface area contributed by atoms with Crippen LogP contribution in [0.4, 0.5) is 4.39 Å². The molecule has 1 aromatic carbocycles. The minimum absolute atomic E-state index is 0.00636. The molecule has 108 valence electrons. The highest BCUT2D eigenvalue weighted by Gasteiger charge is 2.24. The number of aromatic nitrogens is 2. The first kappa shape index (κ1) is 15.3. The number of rotatable bonds is 4. The molecule has 0 saturated heterocycles. The average molecular weight is 316 g/mol. The summed E-state index contributed by atoms with van der Waals surface area (Å²) in [4.78, 5) is 7.39. The number of halogens is 3. The molecular formula is C14H16Cl2FN3. The summed E-state index contributed by atoms with van der Waals surface area (Å²) >= 11 is 11.8. The maximum Gasteiger partial charge on any atom is 0.142 e. The van der Waals surface area contributed by atoms with Crippen molar-refractivity contribution in [3.05, 3.63) is 40.0 Å². The quantitative estimate of drug-likeness (QED) is 0.816. The van der Waals surface area contributed by atoms with Gasteiger partial charge in [0.1, 0.15) is 11.6 Å². The van der Waals surface area contributed by atoms with Gasteiger partial charge in [0.2, 0.25) is 0 Å². The van der Waals surface area contributed by atoms with Crippen molar-refractivity contribution in [1.29, 1.82) is 0 Å². The Kier molecular flexibility index (Phi) is 4.37. The number of nitrogens with zero attached hydrogens (tertiary/aromatic N) is 1. The molecule has 0 saturated carbocycles. The maximum absolute atomic E-state index is 13.6. The molecule has 0 radical (unpaired) electrons. The van der Waals surface area contributed by atoms with E-state index in [1.807, 2.05) is 6.92 Å². The van der Waals surface area contributed by atoms with Crippen LogP contribution in [-0.4, -0.2) is 9.97 Å². The van der Waals surface area contributed by atoms with Crippen molar-refractivity contribution in [2.75, 3.05) is 0 Å². The Labute approximate surface area is 127 Å². The number of hydrogen-bond acceptors (Lipinski definition) is 2. The zero-order valence-electron chi connectivity index (χ0n) is 11.3. The fraction of sp³-hybridized carbons (Fsp3) is 0.357. The molecule has 3 N–H and O–H groups in total. The number of H-pyrrole nitrogens is 1. The average Bonchev–Trinajstić information content (AvgIpc) is 2.84. The fourth-order valence-electron chi connectivity index (χ4n) is 2.12. The van der Waals surface area contributed by atoms with Gasteiger partial charge in [0.25, 0.3) is 0 Å². The number of hydrogen-bond donors (Lipinski definition) is 2. The lowest BCUT2D eigenvalue weighted by Crippen LogP contribution is -2.34. The summed E-state index contributed by atoms with van der Waals surface area (Å²) in [5, 5.41) is 0.356. The highest BCUT2D eigenvalue weighted by molar-refractivity contribution is 6.36. The Morgan fingerprint density at radius 2 is 2.05 bits per heavy atom. The van der Waals surface area contributed by atoms with Gasteiger partial charge < -0.3 is 10.7 Å². The van der Waals surface area contributed by atoms with Gasteiger partial charge in [0.05, 0.1) is 27.5 Å². The first-order valence-electron chi connectivity index (χ1n) is 6.34. The molecule has 0 fully saturated rings. The van der Waals surface area contributed by atoms with Gasteiger partial charge in [-0.25, -0.2) is 9.37 Å². The molecule has 1 unspecified atom stereocenters. The van der Waals surface area contributed by atoms with Gasteiger partial charge in [0, 0.05) is 5.56 Å². The summed E-state index contributed by atoms with van der Waals surface area (Å²) in [7, 11) is 0. The van der Waals surface area contributed by atoms with E-state index in [0.717, 1.165) is 12.8 Å². The van der Waals surface area contributed by atoms with E-state index in [1.165, 1.54) is 12.1 Å². The van der Waals surface area contributed by atoms with E-state index in [0.29, 0.717) is 22.1 Å². The Morgan fingerprint density at radius 1 is 1.35 bits per heavy atom. The largest absolute Gasteiger partial charge is 0.340 e. The van der Waals surface area contributed by atoms with Crippen LogP contribution in [0.25, 0.3) is 11.3 Å². The molecule has 1 heterocycles. The molecule has 2 rings (SSSR count). The Balaban J connectivity index is 2.41. The number of imidazole rings is 1. The molecule has 0 amide bonds. The van der Waals surface area contributed by atoms with E-state index in [1.54, 1.807) is 6.20 Å². The van der Waals surface area contributed by atoms with Gasteiger partial charge in [0.15, 0.2) is 0 Å². The maximum atomic E-state index is 13.6. The number of nitrogens with two attached hydrogens (primary N) is 1. The normalized spacial score (nSPS) is 14.3. The standard InChI is InChI=1S/C14H16Cl2FN3/c1-3-4-14(2,18)13-19-7-12(20-13)8-5-11(17)10(16)6-9(8)15/h5-7H,3-4,18H2,1-2H3,(H,19,20). The van der Waals surface area contributed by atoms with Crippen molar-refractivity contribution in [2.45, 2.75) is 32.2 Å². The first-order valence-corrected chi connectivity index (χ1v) is 7.10. The smallest absolute Gasteiger partial charge is 0.142 e. The summed E-state index contributed by atoms with van der Waals surface area (Å²) in [5.74, 6) is 0.132. The first-order chi connectivity index (χ1) is 9.35. The van der Waals surface area contributed by atoms with Crippen molar-refractivity contribution in [3.8, 4) is 11.3 Å². The summed E-state index contributed by atoms with van der Waals surface area (Å²) in [6, 6.07) is 2.66. The zero-order chi connectivity index (χ0) is 14.9. The van der Waals surface area contributed by atoms with Crippen LogP contribution >= 0.6 is 23.2 Å². The second-order valence-electron chi connectivity index (χ2n) is 5.06. The summed E-state index contributed by atoms with van der Waals surface area (Å²) in [6.07, 6.45) is 3.34. The summed E-state index contributed by atoms with van der Waals surface area (Å²) in [6.45, 7) is 3.96. The second-order valence-corrected chi connectivity index (χ2v) is 5.87. The van der Waals surface area contributed by atoms with Gasteiger partial charge >= 0.3 is 0 Å². The van der Waals surface area contributed by atoms with Crippen LogP contribution < -0.4 is 5.73 Å². The molecule has 0 aliphatic rings. The summed E-state index contributed by atoms with van der Waals surface area (Å²) in [5.41, 5.74) is 6.79. The Hall–Kier alpha value is -1.10. The van der Waals surface area contributed by atoms with Crippen molar-refractivity contribution in [1.82, 2.24) is 9.97 Å². The minimum atomic E-state index is -0.551. The van der Waals surface area contributed by atoms with Crippen LogP contribution in [0, 0.1) is 5.82 Å². The third-order valence-corrected chi connectivity index (χ3v) is 3.79. The second kappa shape index (κ2) is 5.72. The van der Waals surface area contributed by atoms with Crippen molar-refractivity contribution in [2.24, 2.45) is 5.73 Å². The molecule has 0 spiro atoms. The predicted molar refractivity (Wildman–Crippen MR) is 80.4 cm³/mol. The van der Waals surface area contributed by atoms with Crippen LogP contribution in [0.5, 0.6) is 0 Å². The highest BCUT2D eigenvalue weighted by atomic mass is 35.5. The van der Waals surface area contributed by atoms with Gasteiger partial charge in [-0.1, -0.05) is 36.5 Å². The number of benzene rings is 1. The van der Waals surface area contributed by atoms with Crippen LogP contribution in [-0.2, 0) is 5.54 Å². The summed E-state index contributed by atoms with van der Waals surface area (Å²) < 4.78 is 13.6. The molecule has 0 bridgehead atoms. The SMILES string of the molecule is CCCC(C)(N)c1ncc(-c2cc(F)c(Cl)cc2Cl)[nH]1. The van der Waals surface area contributed by atoms with Crippen LogP contribution in [0.1, 0.15) is 32.5 Å². The van der Waals surface area contributed by atoms with Crippen molar-refractivity contribution in [3.63, 3.8) is 0 Å². The fourth-order valence-corrected chi connectivity index (χ4v) is 2.60. The Bertz CT molecular complexity index is 623. The number of nitrogens with one attached hydrogen (secondary N) is 1. The monoisotopic (exact) mass is 315 g/mol. The van der Waals surface area contributed by atoms with E-state index >= 15 is 0 Å². The van der Waals surface area contributed by atoms with Crippen molar-refractivity contribution < 1.29 is 4.39 Å². The molecule has 0 aliphatic carbocycles. The van der Waals surface area contributed by atoms with E-state index in [-0.39, 0.29) is 5.02 Å². The molecule has 0 aliphatic heterocycles. The van der Waals surface area contributed by atoms with Crippen LogP contribution in [0.15, 0.2) is 18.3 Å². The van der Waals surface area contributed by atoms with E-state index in [2.05, 4.69) is 16.9 Å². The molecule has 1 atom stereocenters. The van der Waals surface area contributed by atoms with Gasteiger partial charge in [-0.05, 0) is 25.5 Å². The molecule has 1 aromatic heterocycles. The Morgan fingerprint density at radius 3 is 2.70 bits per heavy atom. The van der Waals surface area contributed by atoms with E-state index < -0.39 is 11.4 Å². The third kappa shape index (κ3) is 2.97.